The Kier molecular flexibility index (Phi) is 2.87. The average molecular weight is 194 g/mol. The minimum Gasteiger partial charge on any atom is -0.391 e. The summed E-state index contributed by atoms with van der Waals surface area (Å²) in [7, 11) is 0. The van der Waals surface area contributed by atoms with E-state index >= 15 is 0 Å². The van der Waals surface area contributed by atoms with Gasteiger partial charge in [0.1, 0.15) is 5.82 Å². The van der Waals surface area contributed by atoms with Crippen molar-refractivity contribution in [2.45, 2.75) is 45.3 Å². The van der Waals surface area contributed by atoms with E-state index in [1.165, 1.54) is 12.8 Å². The molecule has 0 bridgehead atoms. The highest BCUT2D eigenvalue weighted by Gasteiger charge is 2.29. The zero-order valence-corrected chi connectivity index (χ0v) is 8.69. The lowest BCUT2D eigenvalue weighted by Gasteiger charge is -2.12. The van der Waals surface area contributed by atoms with Crippen LogP contribution in [0.15, 0.2) is 12.4 Å². The van der Waals surface area contributed by atoms with Gasteiger partial charge in [-0.3, -0.25) is 0 Å². The Morgan fingerprint density at radius 3 is 3.07 bits per heavy atom. The van der Waals surface area contributed by atoms with E-state index < -0.39 is 0 Å². The van der Waals surface area contributed by atoms with Crippen LogP contribution >= 0.6 is 0 Å². The predicted molar refractivity (Wildman–Crippen MR) is 55.0 cm³/mol. The maximum atomic E-state index is 9.80. The van der Waals surface area contributed by atoms with Crippen molar-refractivity contribution in [3.63, 3.8) is 0 Å². The molecule has 3 nitrogen and oxygen atoms in total. The van der Waals surface area contributed by atoms with E-state index in [0.29, 0.717) is 5.92 Å². The number of hydrogen-bond donors (Lipinski definition) is 1. The fourth-order valence-electron chi connectivity index (χ4n) is 1.79. The van der Waals surface area contributed by atoms with Gasteiger partial charge < -0.3 is 9.67 Å². The van der Waals surface area contributed by atoms with Crippen LogP contribution in [-0.2, 0) is 13.0 Å². The van der Waals surface area contributed by atoms with Crippen LogP contribution in [0.5, 0.6) is 0 Å². The number of aromatic nitrogens is 2. The zero-order valence-electron chi connectivity index (χ0n) is 8.69. The normalized spacial score (nSPS) is 18.4. The molecule has 1 aliphatic carbocycles. The first-order chi connectivity index (χ1) is 6.81. The van der Waals surface area contributed by atoms with Crippen molar-refractivity contribution >= 4 is 0 Å². The smallest absolute Gasteiger partial charge is 0.108 e. The van der Waals surface area contributed by atoms with Gasteiger partial charge in [0.15, 0.2) is 0 Å². The van der Waals surface area contributed by atoms with Crippen molar-refractivity contribution in [1.29, 1.82) is 0 Å². The molecule has 1 atom stereocenters. The Balaban J connectivity index is 1.96. The molecule has 3 heteroatoms. The lowest BCUT2D eigenvalue weighted by molar-refractivity contribution is 0.130. The Bertz CT molecular complexity index is 291. The van der Waals surface area contributed by atoms with Crippen LogP contribution in [0, 0.1) is 5.92 Å². The SMILES string of the molecule is CCCc1nccn1CC(O)C1CC1. The van der Waals surface area contributed by atoms with Crippen molar-refractivity contribution in [3.05, 3.63) is 18.2 Å². The third-order valence-electron chi connectivity index (χ3n) is 2.83. The number of hydrogen-bond acceptors (Lipinski definition) is 2. The van der Waals surface area contributed by atoms with Gasteiger partial charge in [-0.2, -0.15) is 0 Å². The Hall–Kier alpha value is -0.830. The third-order valence-corrected chi connectivity index (χ3v) is 2.83. The molecular weight excluding hydrogens is 176 g/mol. The minimum absolute atomic E-state index is 0.167. The predicted octanol–water partition coefficient (Wildman–Crippen LogP) is 1.61. The second kappa shape index (κ2) is 4.13. The summed E-state index contributed by atoms with van der Waals surface area (Å²) < 4.78 is 2.09. The van der Waals surface area contributed by atoms with Gasteiger partial charge in [0, 0.05) is 18.8 Å². The molecule has 1 heterocycles. The molecule has 0 radical (unpaired) electrons. The monoisotopic (exact) mass is 194 g/mol. The maximum Gasteiger partial charge on any atom is 0.108 e. The van der Waals surface area contributed by atoms with Gasteiger partial charge in [-0.05, 0) is 25.2 Å². The van der Waals surface area contributed by atoms with E-state index in [4.69, 9.17) is 0 Å². The van der Waals surface area contributed by atoms with E-state index in [2.05, 4.69) is 16.5 Å². The van der Waals surface area contributed by atoms with Crippen LogP contribution in [0.25, 0.3) is 0 Å². The number of aliphatic hydroxyl groups excluding tert-OH is 1. The summed E-state index contributed by atoms with van der Waals surface area (Å²) in [6.07, 6.45) is 8.12. The first kappa shape index (κ1) is 9.71. The summed E-state index contributed by atoms with van der Waals surface area (Å²) in [5.41, 5.74) is 0. The molecule has 1 aliphatic rings. The summed E-state index contributed by atoms with van der Waals surface area (Å²) >= 11 is 0. The molecular formula is C11H18N2O. The van der Waals surface area contributed by atoms with Crippen LogP contribution in [0.2, 0.25) is 0 Å². The fourth-order valence-corrected chi connectivity index (χ4v) is 1.79. The molecule has 0 saturated heterocycles. The summed E-state index contributed by atoms with van der Waals surface area (Å²) in [6.45, 7) is 2.87. The van der Waals surface area contributed by atoms with Crippen molar-refractivity contribution in [2.24, 2.45) is 5.92 Å². The maximum absolute atomic E-state index is 9.80. The Morgan fingerprint density at radius 1 is 1.64 bits per heavy atom. The largest absolute Gasteiger partial charge is 0.391 e. The lowest BCUT2D eigenvalue weighted by atomic mass is 10.2. The van der Waals surface area contributed by atoms with Crippen LogP contribution in [0.3, 0.4) is 0 Å². The summed E-state index contributed by atoms with van der Waals surface area (Å²) in [6, 6.07) is 0. The topological polar surface area (TPSA) is 38.0 Å². The Morgan fingerprint density at radius 2 is 2.43 bits per heavy atom. The third kappa shape index (κ3) is 2.15. The number of aliphatic hydroxyl groups is 1. The number of rotatable bonds is 5. The molecule has 0 aliphatic heterocycles. The quantitative estimate of drug-likeness (QED) is 0.773. The highest BCUT2D eigenvalue weighted by Crippen LogP contribution is 2.33. The zero-order chi connectivity index (χ0) is 9.97. The molecule has 1 aromatic heterocycles. The molecule has 0 amide bonds. The first-order valence-corrected chi connectivity index (χ1v) is 5.49. The van der Waals surface area contributed by atoms with E-state index in [9.17, 15) is 5.11 Å². The molecule has 78 valence electrons. The van der Waals surface area contributed by atoms with Crippen LogP contribution in [-0.4, -0.2) is 20.8 Å². The van der Waals surface area contributed by atoms with Gasteiger partial charge in [0.05, 0.1) is 12.6 Å². The van der Waals surface area contributed by atoms with E-state index in [1.54, 1.807) is 0 Å². The van der Waals surface area contributed by atoms with E-state index in [-0.39, 0.29) is 6.10 Å². The fraction of sp³-hybridized carbons (Fsp3) is 0.727. The molecule has 1 fully saturated rings. The average Bonchev–Trinajstić information content (AvgIpc) is 2.93. The lowest BCUT2D eigenvalue weighted by Crippen LogP contribution is -2.19. The van der Waals surface area contributed by atoms with Gasteiger partial charge in [-0.1, -0.05) is 6.92 Å². The van der Waals surface area contributed by atoms with Gasteiger partial charge >= 0.3 is 0 Å². The number of nitrogens with zero attached hydrogens (tertiary/aromatic N) is 2. The van der Waals surface area contributed by atoms with Crippen LogP contribution in [0.4, 0.5) is 0 Å². The summed E-state index contributed by atoms with van der Waals surface area (Å²) in [5, 5.41) is 9.80. The van der Waals surface area contributed by atoms with Crippen molar-refractivity contribution in [3.8, 4) is 0 Å². The number of aryl methyl sites for hydroxylation is 1. The van der Waals surface area contributed by atoms with Crippen LogP contribution < -0.4 is 0 Å². The van der Waals surface area contributed by atoms with Crippen molar-refractivity contribution in [1.82, 2.24) is 9.55 Å². The van der Waals surface area contributed by atoms with E-state index in [1.807, 2.05) is 12.4 Å². The van der Waals surface area contributed by atoms with Gasteiger partial charge in [0.2, 0.25) is 0 Å². The molecule has 1 saturated carbocycles. The van der Waals surface area contributed by atoms with Crippen molar-refractivity contribution < 1.29 is 5.11 Å². The van der Waals surface area contributed by atoms with Gasteiger partial charge in [-0.25, -0.2) is 4.98 Å². The Labute approximate surface area is 84.8 Å². The second-order valence-corrected chi connectivity index (χ2v) is 4.15. The number of imidazole rings is 1. The van der Waals surface area contributed by atoms with Gasteiger partial charge in [-0.15, -0.1) is 0 Å². The molecule has 1 unspecified atom stereocenters. The van der Waals surface area contributed by atoms with Crippen molar-refractivity contribution in [2.75, 3.05) is 0 Å². The summed E-state index contributed by atoms with van der Waals surface area (Å²) in [5.74, 6) is 1.65. The molecule has 0 aromatic carbocycles. The minimum atomic E-state index is -0.167. The highest BCUT2D eigenvalue weighted by molar-refractivity contribution is 4.94. The first-order valence-electron chi connectivity index (χ1n) is 5.49. The molecule has 14 heavy (non-hydrogen) atoms. The molecule has 2 rings (SSSR count). The highest BCUT2D eigenvalue weighted by atomic mass is 16.3. The molecule has 1 aromatic rings. The second-order valence-electron chi connectivity index (χ2n) is 4.15. The van der Waals surface area contributed by atoms with E-state index in [0.717, 1.165) is 25.2 Å². The molecule has 1 N–H and O–H groups in total. The molecule has 0 spiro atoms. The standard InChI is InChI=1S/C11H18N2O/c1-2-3-11-12-6-7-13(11)8-10(14)9-4-5-9/h6-7,9-10,14H,2-5,8H2,1H3. The van der Waals surface area contributed by atoms with Gasteiger partial charge in [0.25, 0.3) is 0 Å². The van der Waals surface area contributed by atoms with Crippen LogP contribution in [0.1, 0.15) is 32.0 Å². The summed E-state index contributed by atoms with van der Waals surface area (Å²) in [4.78, 5) is 4.29.